The van der Waals surface area contributed by atoms with E-state index in [-0.39, 0.29) is 6.09 Å². The van der Waals surface area contributed by atoms with Crippen molar-refractivity contribution in [1.29, 1.82) is 0 Å². The third kappa shape index (κ3) is 4.21. The molecule has 1 amide bonds. The molecule has 1 atom stereocenters. The number of ether oxygens (including phenoxy) is 2. The molecule has 0 bridgehead atoms. The predicted octanol–water partition coefficient (Wildman–Crippen LogP) is 3.50. The summed E-state index contributed by atoms with van der Waals surface area (Å²) in [7, 11) is -1.43. The Labute approximate surface area is 169 Å². The number of aromatic nitrogens is 1. The van der Waals surface area contributed by atoms with Gasteiger partial charge in [-0.15, -0.1) is 0 Å². The van der Waals surface area contributed by atoms with Gasteiger partial charge in [0.05, 0.1) is 4.75 Å². The highest BCUT2D eigenvalue weighted by Crippen LogP contribution is 2.41. The molecule has 3 rings (SSSR count). The maximum Gasteiger partial charge on any atom is 0.410 e. The van der Waals surface area contributed by atoms with Gasteiger partial charge in [-0.3, -0.25) is 4.98 Å². The first-order valence-electron chi connectivity index (χ1n) is 9.55. The summed E-state index contributed by atoms with van der Waals surface area (Å²) in [5, 5.41) is 0. The minimum Gasteiger partial charge on any atom is -0.478 e. The molecule has 0 N–H and O–H groups in total. The normalized spacial score (nSPS) is 21.4. The van der Waals surface area contributed by atoms with Crippen LogP contribution in [0.15, 0.2) is 22.7 Å². The van der Waals surface area contributed by atoms with Crippen molar-refractivity contribution in [2.45, 2.75) is 70.3 Å². The van der Waals surface area contributed by atoms with Crippen molar-refractivity contribution < 1.29 is 18.5 Å². The van der Waals surface area contributed by atoms with Crippen molar-refractivity contribution in [2.24, 2.45) is 4.40 Å². The Bertz CT molecular complexity index is 815. The zero-order chi connectivity index (χ0) is 20.7. The van der Waals surface area contributed by atoms with Crippen LogP contribution in [-0.4, -0.2) is 54.9 Å². The Kier molecular flexibility index (Phi) is 5.29. The predicted molar refractivity (Wildman–Crippen MR) is 109 cm³/mol. The van der Waals surface area contributed by atoms with Gasteiger partial charge < -0.3 is 14.4 Å². The van der Waals surface area contributed by atoms with Gasteiger partial charge >= 0.3 is 6.09 Å². The van der Waals surface area contributed by atoms with Gasteiger partial charge in [-0.2, -0.15) is 4.40 Å². The lowest BCUT2D eigenvalue weighted by molar-refractivity contribution is 0.00608. The Balaban J connectivity index is 1.86. The number of rotatable bonds is 1. The van der Waals surface area contributed by atoms with E-state index in [2.05, 4.69) is 9.38 Å². The Morgan fingerprint density at radius 1 is 1.25 bits per heavy atom. The molecule has 8 heteroatoms. The third-order valence-corrected chi connectivity index (χ3v) is 6.05. The molecule has 1 spiro atoms. The maximum atomic E-state index is 12.7. The molecule has 0 radical (unpaired) electrons. The average Bonchev–Trinajstić information content (AvgIpc) is 2.86. The average molecular weight is 408 g/mol. The van der Waals surface area contributed by atoms with Gasteiger partial charge in [-0.05, 0) is 53.7 Å². The smallest absolute Gasteiger partial charge is 0.410 e. The van der Waals surface area contributed by atoms with Crippen LogP contribution >= 0.6 is 0 Å². The summed E-state index contributed by atoms with van der Waals surface area (Å²) in [6.07, 6.45) is 2.45. The highest BCUT2D eigenvalue weighted by Gasteiger charge is 2.50. The topological polar surface area (TPSA) is 81.1 Å². The molecule has 28 heavy (non-hydrogen) atoms. The van der Waals surface area contributed by atoms with Crippen LogP contribution < -0.4 is 4.74 Å². The molecule has 1 saturated heterocycles. The van der Waals surface area contributed by atoms with E-state index in [0.717, 1.165) is 0 Å². The van der Waals surface area contributed by atoms with Crippen molar-refractivity contribution in [3.05, 3.63) is 24.0 Å². The summed E-state index contributed by atoms with van der Waals surface area (Å²) in [6, 6.07) is 3.67. The summed E-state index contributed by atoms with van der Waals surface area (Å²) in [4.78, 5) is 18.5. The molecule has 2 aliphatic heterocycles. The van der Waals surface area contributed by atoms with Gasteiger partial charge in [0, 0.05) is 32.1 Å². The van der Waals surface area contributed by atoms with E-state index < -0.39 is 26.9 Å². The summed E-state index contributed by atoms with van der Waals surface area (Å²) in [5.41, 5.74) is 0.0220. The van der Waals surface area contributed by atoms with Crippen molar-refractivity contribution in [3.8, 4) is 5.75 Å². The molecule has 1 fully saturated rings. The zero-order valence-electron chi connectivity index (χ0n) is 17.4. The lowest BCUT2D eigenvalue weighted by Crippen LogP contribution is -2.53. The monoisotopic (exact) mass is 407 g/mol. The van der Waals surface area contributed by atoms with Gasteiger partial charge in [0.25, 0.3) is 0 Å². The quantitative estimate of drug-likeness (QED) is 0.712. The number of likely N-dealkylation sites (tertiary alicyclic amines) is 1. The van der Waals surface area contributed by atoms with Crippen LogP contribution in [0.25, 0.3) is 0 Å². The van der Waals surface area contributed by atoms with Gasteiger partial charge in [0.15, 0.2) is 5.60 Å². The van der Waals surface area contributed by atoms with Crippen LogP contribution in [0.5, 0.6) is 5.75 Å². The lowest BCUT2D eigenvalue weighted by atomic mass is 9.86. The molecule has 0 aliphatic carbocycles. The van der Waals surface area contributed by atoms with Crippen molar-refractivity contribution in [3.63, 3.8) is 0 Å². The summed E-state index contributed by atoms with van der Waals surface area (Å²) in [5.74, 6) is 0.651. The molecule has 0 saturated carbocycles. The van der Waals surface area contributed by atoms with Crippen LogP contribution in [0, 0.1) is 0 Å². The van der Waals surface area contributed by atoms with E-state index in [1.54, 1.807) is 11.1 Å². The number of carbonyl (C=O) groups is 1. The fraction of sp³-hybridized carbons (Fsp3) is 0.650. The highest BCUT2D eigenvalue weighted by molar-refractivity contribution is 7.85. The van der Waals surface area contributed by atoms with Gasteiger partial charge in [0.2, 0.25) is 0 Å². The first kappa shape index (κ1) is 20.8. The van der Waals surface area contributed by atoms with Crippen LogP contribution in [0.3, 0.4) is 0 Å². The van der Waals surface area contributed by atoms with Crippen molar-refractivity contribution in [1.82, 2.24) is 9.88 Å². The van der Waals surface area contributed by atoms with E-state index in [1.807, 2.05) is 53.7 Å². The Hall–Kier alpha value is -1.96. The van der Waals surface area contributed by atoms with Gasteiger partial charge in [-0.1, -0.05) is 0 Å². The van der Waals surface area contributed by atoms with Crippen LogP contribution in [0.1, 0.15) is 60.1 Å². The summed E-state index contributed by atoms with van der Waals surface area (Å²) in [6.45, 7) is 12.2. The van der Waals surface area contributed by atoms with Crippen LogP contribution in [0.2, 0.25) is 0 Å². The maximum absolute atomic E-state index is 12.7. The number of carbonyl (C=O) groups excluding carboxylic acids is 1. The molecular weight excluding hydrogens is 378 g/mol. The van der Waals surface area contributed by atoms with Gasteiger partial charge in [-0.25, -0.2) is 9.00 Å². The minimum atomic E-state index is -1.43. The second kappa shape index (κ2) is 7.13. The SMILES string of the molecule is CC(C)(C)OC(=O)N1CCC2(CC1)Oc1cccnc1/C2=N\[S@](=O)C(C)(C)C. The summed E-state index contributed by atoms with van der Waals surface area (Å²) >= 11 is 0. The fourth-order valence-electron chi connectivity index (χ4n) is 3.19. The molecular formula is C20H29N3O4S. The zero-order valence-corrected chi connectivity index (χ0v) is 18.3. The number of amides is 1. The number of pyridine rings is 1. The van der Waals surface area contributed by atoms with Crippen molar-refractivity contribution in [2.75, 3.05) is 13.1 Å². The third-order valence-electron chi connectivity index (χ3n) is 4.65. The largest absolute Gasteiger partial charge is 0.478 e. The second-order valence-electron chi connectivity index (χ2n) is 9.22. The summed E-state index contributed by atoms with van der Waals surface area (Å²) < 4.78 is 28.6. The second-order valence-corrected chi connectivity index (χ2v) is 11.1. The number of hydrogen-bond acceptors (Lipinski definition) is 5. The van der Waals surface area contributed by atoms with Crippen LogP contribution in [0.4, 0.5) is 4.79 Å². The lowest BCUT2D eigenvalue weighted by Gasteiger charge is -2.39. The molecule has 1 aromatic heterocycles. The molecule has 1 aromatic rings. The molecule has 0 unspecified atom stereocenters. The molecule has 2 aliphatic rings. The van der Waals surface area contributed by atoms with E-state index in [0.29, 0.717) is 43.1 Å². The number of hydrogen-bond donors (Lipinski definition) is 0. The number of piperidine rings is 1. The minimum absolute atomic E-state index is 0.326. The fourth-order valence-corrected chi connectivity index (χ4v) is 3.88. The standard InChI is InChI=1S/C20H29N3O4S/c1-18(2,3)27-17(24)23-12-9-20(10-13-23)16(22-28(25)19(4,5)6)15-14(26-20)8-7-11-21-15/h7-8,11H,9-10,12-13H2,1-6H3/b22-16+/t28-/m1/s1. The van der Waals surface area contributed by atoms with E-state index >= 15 is 0 Å². The van der Waals surface area contributed by atoms with E-state index in [9.17, 15) is 9.00 Å². The van der Waals surface area contributed by atoms with Crippen LogP contribution in [-0.2, 0) is 15.7 Å². The first-order valence-corrected chi connectivity index (χ1v) is 10.7. The molecule has 154 valence electrons. The molecule has 7 nitrogen and oxygen atoms in total. The van der Waals surface area contributed by atoms with E-state index in [1.165, 1.54) is 0 Å². The highest BCUT2D eigenvalue weighted by atomic mass is 32.2. The first-order chi connectivity index (χ1) is 12.9. The Morgan fingerprint density at radius 3 is 2.46 bits per heavy atom. The van der Waals surface area contributed by atoms with Crippen molar-refractivity contribution >= 4 is 22.8 Å². The van der Waals surface area contributed by atoms with E-state index in [4.69, 9.17) is 9.47 Å². The number of nitrogens with zero attached hydrogens (tertiary/aromatic N) is 3. The number of fused-ring (bicyclic) bond motifs is 1. The molecule has 3 heterocycles. The van der Waals surface area contributed by atoms with Gasteiger partial charge in [0.1, 0.15) is 33.7 Å². The molecule has 0 aromatic carbocycles. The Morgan fingerprint density at radius 2 is 1.89 bits per heavy atom.